The van der Waals surface area contributed by atoms with Crippen LogP contribution in [-0.4, -0.2) is 43.2 Å². The Kier molecular flexibility index (Phi) is 11.3. The molecule has 0 saturated heterocycles. The summed E-state index contributed by atoms with van der Waals surface area (Å²) in [5, 5.41) is 15.8. The van der Waals surface area contributed by atoms with Crippen LogP contribution >= 0.6 is 11.6 Å². The molecule has 4 N–H and O–H groups in total. The van der Waals surface area contributed by atoms with Crippen molar-refractivity contribution >= 4 is 29.0 Å². The molecular weight excluding hydrogens is 540 g/mol. The molecule has 0 aliphatic carbocycles. The van der Waals surface area contributed by atoms with E-state index >= 15 is 0 Å². The van der Waals surface area contributed by atoms with Crippen LogP contribution in [0.25, 0.3) is 5.32 Å². The molecule has 1 unspecified atom stereocenters. The number of ether oxygens (including phenoxy) is 2. The number of anilines is 1. The molecule has 0 aromatic heterocycles. The number of hydrogen-bond acceptors (Lipinski definition) is 6. The summed E-state index contributed by atoms with van der Waals surface area (Å²) in [7, 11) is 1.51. The first-order valence-electron chi connectivity index (χ1n) is 10.5. The predicted octanol–water partition coefficient (Wildman–Crippen LogP) is 1.29. The smallest absolute Gasteiger partial charge is 0.488 e. The van der Waals surface area contributed by atoms with Gasteiger partial charge in [0, 0.05) is 16.8 Å². The van der Waals surface area contributed by atoms with Crippen LogP contribution in [0, 0.1) is 11.8 Å². The number of carbonyl (C=O) groups excluding carboxylic acids is 1. The number of nitrogens with two attached hydrogens (primary N) is 1. The van der Waals surface area contributed by atoms with Crippen molar-refractivity contribution in [3.8, 4) is 17.6 Å². The Morgan fingerprint density at radius 1 is 1.32 bits per heavy atom. The van der Waals surface area contributed by atoms with E-state index in [9.17, 15) is 23.1 Å². The second kappa shape index (κ2) is 13.5. The van der Waals surface area contributed by atoms with E-state index in [1.165, 1.54) is 38.2 Å². The van der Waals surface area contributed by atoms with Gasteiger partial charge in [-0.25, -0.2) is 0 Å². The van der Waals surface area contributed by atoms with Crippen molar-refractivity contribution in [2.75, 3.05) is 25.5 Å². The van der Waals surface area contributed by atoms with Crippen LogP contribution in [0.15, 0.2) is 53.0 Å². The van der Waals surface area contributed by atoms with Gasteiger partial charge in [0.05, 0.1) is 17.2 Å². The van der Waals surface area contributed by atoms with Crippen LogP contribution in [-0.2, 0) is 10.9 Å². The fourth-order valence-corrected chi connectivity index (χ4v) is 3.16. The Morgan fingerprint density at radius 2 is 2.05 bits per heavy atom. The van der Waals surface area contributed by atoms with Gasteiger partial charge in [0.2, 0.25) is 5.88 Å². The molecule has 1 atom stereocenters. The molecule has 2 aromatic rings. The van der Waals surface area contributed by atoms with Crippen molar-refractivity contribution in [1.82, 2.24) is 0 Å². The van der Waals surface area contributed by atoms with E-state index < -0.39 is 23.8 Å². The molecule has 190 valence electrons. The van der Waals surface area contributed by atoms with Crippen LogP contribution in [0.3, 0.4) is 0 Å². The van der Waals surface area contributed by atoms with E-state index in [1.54, 1.807) is 0 Å². The monoisotopic (exact) mass is 560 g/mol. The van der Waals surface area contributed by atoms with Gasteiger partial charge in [0.15, 0.2) is 5.76 Å². The van der Waals surface area contributed by atoms with E-state index in [4.69, 9.17) is 26.8 Å². The van der Waals surface area contributed by atoms with Crippen molar-refractivity contribution in [2.24, 2.45) is 10.7 Å². The minimum Gasteiger partial charge on any atom is -0.488 e. The molecule has 0 bridgehead atoms. The molecule has 1 aliphatic rings. The molecule has 2 aromatic carbocycles. The first-order valence-corrected chi connectivity index (χ1v) is 10.8. The van der Waals surface area contributed by atoms with Gasteiger partial charge in [0.1, 0.15) is 11.9 Å². The third-order valence-electron chi connectivity index (χ3n) is 4.59. The minimum absolute atomic E-state index is 0. The zero-order valence-electron chi connectivity index (χ0n) is 20.1. The summed E-state index contributed by atoms with van der Waals surface area (Å²) in [4.78, 5) is 17.0. The number of aliphatic hydroxyl groups is 1. The Morgan fingerprint density at radius 3 is 2.70 bits per heavy atom. The van der Waals surface area contributed by atoms with E-state index in [2.05, 4.69) is 27.5 Å². The number of amides is 1. The Labute approximate surface area is 258 Å². The largest absolute Gasteiger partial charge is 1.00 e. The van der Waals surface area contributed by atoms with Crippen LogP contribution in [0.4, 0.5) is 18.9 Å². The van der Waals surface area contributed by atoms with Gasteiger partial charge in [-0.15, -0.1) is 0 Å². The van der Waals surface area contributed by atoms with Crippen LogP contribution < -0.4 is 67.2 Å². The second-order valence-corrected chi connectivity index (χ2v) is 7.82. The summed E-state index contributed by atoms with van der Waals surface area (Å²) < 4.78 is 51.1. The first-order chi connectivity index (χ1) is 17.0. The number of alkyl halides is 3. The van der Waals surface area contributed by atoms with Gasteiger partial charge in [-0.3, -0.25) is 4.79 Å². The topological polar surface area (TPSA) is 120 Å². The second-order valence-electron chi connectivity index (χ2n) is 7.41. The van der Waals surface area contributed by atoms with E-state index in [1.807, 2.05) is 0 Å². The van der Waals surface area contributed by atoms with Crippen LogP contribution in [0.2, 0.25) is 5.02 Å². The average Bonchev–Trinajstić information content (AvgIpc) is 2.83. The molecule has 1 aliphatic heterocycles. The number of benzene rings is 2. The molecule has 37 heavy (non-hydrogen) atoms. The zero-order valence-corrected chi connectivity index (χ0v) is 24.0. The van der Waals surface area contributed by atoms with Gasteiger partial charge in [0.25, 0.3) is 5.91 Å². The number of likely N-dealkylation sites (N-methyl/N-ethyl adjacent to an activating group) is 1. The van der Waals surface area contributed by atoms with E-state index in [0.29, 0.717) is 6.54 Å². The van der Waals surface area contributed by atoms with Crippen LogP contribution in [0.1, 0.15) is 28.4 Å². The van der Waals surface area contributed by atoms with Crippen molar-refractivity contribution in [3.63, 3.8) is 0 Å². The van der Waals surface area contributed by atoms with Crippen molar-refractivity contribution in [2.45, 2.75) is 19.2 Å². The van der Waals surface area contributed by atoms with Crippen molar-refractivity contribution in [3.05, 3.63) is 75.1 Å². The summed E-state index contributed by atoms with van der Waals surface area (Å²) in [6.45, 7) is 2.05. The fraction of sp³-hybridized carbons (Fsp3) is 0.250. The van der Waals surface area contributed by atoms with Gasteiger partial charge in [-0.1, -0.05) is 30.5 Å². The molecule has 1 amide bonds. The summed E-state index contributed by atoms with van der Waals surface area (Å²) in [6, 6.07) is 6.86. The molecular formula is C24H21ClF3KN4O4. The molecule has 3 rings (SSSR count). The number of rotatable bonds is 4. The number of aliphatic imine (C=N–C) groups is 1. The van der Waals surface area contributed by atoms with Crippen molar-refractivity contribution < 1.29 is 83.9 Å². The zero-order chi connectivity index (χ0) is 26.5. The minimum atomic E-state index is -4.68. The van der Waals surface area contributed by atoms with Gasteiger partial charge in [-0.05, 0) is 55.7 Å². The summed E-state index contributed by atoms with van der Waals surface area (Å²) in [6.07, 6.45) is -5.72. The normalized spacial score (nSPS) is 15.1. The number of carbonyl (C=O) groups is 1. The van der Waals surface area contributed by atoms with E-state index in [-0.39, 0.29) is 103 Å². The summed E-state index contributed by atoms with van der Waals surface area (Å²) in [5.74, 6) is 4.27. The number of amidine groups is 1. The quantitative estimate of drug-likeness (QED) is 0.296. The molecule has 0 fully saturated rings. The maximum absolute atomic E-state index is 13.3. The molecule has 1 heterocycles. The molecule has 13 heteroatoms. The maximum Gasteiger partial charge on any atom is 1.00 e. The number of nitrogens with one attached hydrogen (secondary N) is 1. The first kappa shape index (κ1) is 31.0. The Balaban J connectivity index is 0.00000481. The fourth-order valence-electron chi connectivity index (χ4n) is 3.00. The summed E-state index contributed by atoms with van der Waals surface area (Å²) in [5.41, 5.74) is 4.81. The third kappa shape index (κ3) is 8.64. The molecule has 0 spiro atoms. The van der Waals surface area contributed by atoms with E-state index in [0.717, 1.165) is 12.1 Å². The molecule has 8 nitrogen and oxygen atoms in total. The maximum atomic E-state index is 13.3. The number of hydrogen-bond donors (Lipinski definition) is 3. The van der Waals surface area contributed by atoms with Gasteiger partial charge < -0.3 is 35.9 Å². The third-order valence-corrected chi connectivity index (χ3v) is 4.91. The van der Waals surface area contributed by atoms with Crippen LogP contribution in [0.5, 0.6) is 5.75 Å². The van der Waals surface area contributed by atoms with Gasteiger partial charge >= 0.3 is 57.6 Å². The number of nitrogens with zero attached hydrogens (tertiary/aromatic N) is 2. The standard InChI is InChI=1S/C24H22ClF3N4O4.K/c1-13(33)3-4-14-9-16(24(26,27)28)12-17(10-14)32-23(34)15-5-6-18(25)19(11-15)36-21(29)20-22(30-2)31-7-8-35-20;/h5-6,9-13,33H,7-8H2,1-2H3,(H4,29,30,31,32,34);/q;+1/p-1. The number of halogens is 4. The Hall–Kier alpha value is -2.24. The average molecular weight is 561 g/mol. The van der Waals surface area contributed by atoms with Crippen molar-refractivity contribution in [1.29, 1.82) is 0 Å². The number of aliphatic hydroxyl groups excluding tert-OH is 1. The molecule has 0 radical (unpaired) electrons. The Bertz CT molecular complexity index is 1290. The van der Waals surface area contributed by atoms with Gasteiger partial charge in [-0.2, -0.15) is 13.2 Å². The summed E-state index contributed by atoms with van der Waals surface area (Å²) >= 11 is 6.18. The molecule has 0 saturated carbocycles. The predicted molar refractivity (Wildman–Crippen MR) is 129 cm³/mol. The SMILES string of the molecule is C[N-]C1=NCCO/C1=C(/N)Oc1cc(C(=O)Nc2cc(C#CC(C)O)cc(C(F)(F)F)c2)ccc1Cl.[K+].